The van der Waals surface area contributed by atoms with Gasteiger partial charge in [-0.15, -0.1) is 0 Å². The largest absolute Gasteiger partial charge is 0.493 e. The molecule has 0 aromatic heterocycles. The van der Waals surface area contributed by atoms with Crippen molar-refractivity contribution < 1.29 is 83.2 Å². The molecule has 3 saturated heterocycles. The molecule has 1 aromatic carbocycles. The van der Waals surface area contributed by atoms with E-state index in [1.807, 2.05) is 0 Å². The molecule has 4 fully saturated rings. The zero-order valence-electron chi connectivity index (χ0n) is 26.8. The predicted molar refractivity (Wildman–Crippen MR) is 160 cm³/mol. The van der Waals surface area contributed by atoms with Gasteiger partial charge < -0.3 is 78.4 Å². The monoisotopic (exact) mass is 698 g/mol. The maximum absolute atomic E-state index is 13.0. The van der Waals surface area contributed by atoms with Crippen LogP contribution in [-0.4, -0.2) is 155 Å². The number of aliphatic hydroxyl groups is 7. The molecule has 6 rings (SSSR count). The first-order valence-corrected chi connectivity index (χ1v) is 15.8. The van der Waals surface area contributed by atoms with Gasteiger partial charge in [0.15, 0.2) is 30.2 Å². The van der Waals surface area contributed by atoms with Gasteiger partial charge in [0.1, 0.15) is 48.3 Å². The summed E-state index contributed by atoms with van der Waals surface area (Å²) in [6.45, 7) is 0.357. The molecule has 1 saturated carbocycles. The zero-order valence-corrected chi connectivity index (χ0v) is 26.8. The third kappa shape index (κ3) is 6.55. The van der Waals surface area contributed by atoms with Gasteiger partial charge in [0, 0.05) is 12.0 Å². The molecule has 17 nitrogen and oxygen atoms in total. The molecule has 1 aliphatic carbocycles. The Labute approximate surface area is 280 Å². The fourth-order valence-corrected chi connectivity index (χ4v) is 7.00. The molecule has 0 amide bonds. The zero-order chi connectivity index (χ0) is 35.2. The number of rotatable bonds is 11. The first kappa shape index (κ1) is 35.9. The van der Waals surface area contributed by atoms with Crippen LogP contribution in [0.5, 0.6) is 11.5 Å². The van der Waals surface area contributed by atoms with Crippen LogP contribution in [0.15, 0.2) is 36.6 Å². The van der Waals surface area contributed by atoms with E-state index in [0.29, 0.717) is 17.1 Å². The summed E-state index contributed by atoms with van der Waals surface area (Å²) in [5.74, 6) is -1.28. The highest BCUT2D eigenvalue weighted by atomic mass is 16.8. The van der Waals surface area contributed by atoms with Crippen LogP contribution in [-0.2, 0) is 38.0 Å². The number of carbonyl (C=O) groups excluding carboxylic acids is 1. The Morgan fingerprint density at radius 1 is 0.878 bits per heavy atom. The molecule has 4 aliphatic heterocycles. The van der Waals surface area contributed by atoms with Gasteiger partial charge in [0.25, 0.3) is 0 Å². The van der Waals surface area contributed by atoms with E-state index in [0.717, 1.165) is 6.08 Å². The fourth-order valence-electron chi connectivity index (χ4n) is 7.00. The summed E-state index contributed by atoms with van der Waals surface area (Å²) in [6.07, 6.45) is -11.9. The lowest BCUT2D eigenvalue weighted by molar-refractivity contribution is -0.347. The number of benzene rings is 1. The second-order valence-electron chi connectivity index (χ2n) is 12.6. The van der Waals surface area contributed by atoms with Gasteiger partial charge in [-0.3, -0.25) is 0 Å². The van der Waals surface area contributed by atoms with Gasteiger partial charge in [0.2, 0.25) is 6.29 Å². The van der Waals surface area contributed by atoms with Crippen molar-refractivity contribution >= 4 is 12.0 Å². The second kappa shape index (κ2) is 14.4. The van der Waals surface area contributed by atoms with Crippen LogP contribution >= 0.6 is 0 Å². The summed E-state index contributed by atoms with van der Waals surface area (Å²) in [4.78, 5) is 13.0. The number of epoxide rings is 1. The highest BCUT2D eigenvalue weighted by Gasteiger charge is 2.77. The summed E-state index contributed by atoms with van der Waals surface area (Å²) in [5.41, 5.74) is -0.655. The number of hydrogen-bond donors (Lipinski definition) is 7. The van der Waals surface area contributed by atoms with E-state index < -0.39 is 117 Å². The maximum Gasteiger partial charge on any atom is 0.331 e. The van der Waals surface area contributed by atoms with Crippen molar-refractivity contribution in [2.45, 2.75) is 92.4 Å². The molecule has 16 unspecified atom stereocenters. The predicted octanol–water partition coefficient (Wildman–Crippen LogP) is -2.46. The minimum atomic E-state index is -1.71. The normalized spacial score (nSPS) is 44.2. The summed E-state index contributed by atoms with van der Waals surface area (Å²) in [6, 6.07) is 5.00. The van der Waals surface area contributed by atoms with Crippen molar-refractivity contribution in [3.8, 4) is 11.5 Å². The van der Waals surface area contributed by atoms with E-state index in [-0.39, 0.29) is 0 Å². The van der Waals surface area contributed by atoms with Gasteiger partial charge in [-0.25, -0.2) is 4.79 Å². The third-order valence-electron chi connectivity index (χ3n) is 9.75. The average Bonchev–Trinajstić information content (AvgIpc) is 3.78. The Morgan fingerprint density at radius 3 is 2.33 bits per heavy atom. The molecule has 4 heterocycles. The third-order valence-corrected chi connectivity index (χ3v) is 9.75. The van der Waals surface area contributed by atoms with Gasteiger partial charge >= 0.3 is 5.97 Å². The van der Waals surface area contributed by atoms with Crippen molar-refractivity contribution in [1.29, 1.82) is 0 Å². The van der Waals surface area contributed by atoms with Crippen molar-refractivity contribution in [2.75, 3.05) is 27.4 Å². The van der Waals surface area contributed by atoms with Crippen molar-refractivity contribution in [2.24, 2.45) is 11.8 Å². The molecule has 0 bridgehead atoms. The molecule has 17 heteroatoms. The lowest BCUT2D eigenvalue weighted by atomic mass is 9.85. The van der Waals surface area contributed by atoms with Crippen LogP contribution in [0.2, 0.25) is 0 Å². The molecule has 0 spiro atoms. The number of hydrogen-bond acceptors (Lipinski definition) is 17. The molecule has 7 N–H and O–H groups in total. The van der Waals surface area contributed by atoms with Crippen LogP contribution in [0.4, 0.5) is 0 Å². The van der Waals surface area contributed by atoms with Crippen LogP contribution in [0.25, 0.3) is 6.08 Å². The Balaban J connectivity index is 1.18. The fraction of sp³-hybridized carbons (Fsp3) is 0.656. The van der Waals surface area contributed by atoms with Crippen molar-refractivity contribution in [1.82, 2.24) is 0 Å². The molecule has 0 radical (unpaired) electrons. The van der Waals surface area contributed by atoms with E-state index in [4.69, 9.17) is 42.6 Å². The van der Waals surface area contributed by atoms with Crippen LogP contribution < -0.4 is 9.47 Å². The maximum atomic E-state index is 13.0. The number of methoxy groups -OCH3 is 2. The van der Waals surface area contributed by atoms with E-state index in [2.05, 4.69) is 0 Å². The molecule has 49 heavy (non-hydrogen) atoms. The second-order valence-corrected chi connectivity index (χ2v) is 12.6. The number of esters is 1. The molecular weight excluding hydrogens is 656 g/mol. The number of aliphatic hydroxyl groups excluding tert-OH is 7. The molecular formula is C32H42O17. The average molecular weight is 699 g/mol. The number of ether oxygens (including phenoxy) is 9. The lowest BCUT2D eigenvalue weighted by Gasteiger charge is -2.44. The van der Waals surface area contributed by atoms with E-state index in [1.165, 1.54) is 33.5 Å². The van der Waals surface area contributed by atoms with E-state index >= 15 is 0 Å². The number of carbonyl (C=O) groups is 1. The van der Waals surface area contributed by atoms with Gasteiger partial charge in [0.05, 0.1) is 51.8 Å². The summed E-state index contributed by atoms with van der Waals surface area (Å²) >= 11 is 0. The van der Waals surface area contributed by atoms with E-state index in [9.17, 15) is 40.5 Å². The quantitative estimate of drug-likeness (QED) is 0.0720. The standard InChI is InChI=1S/C32H42O17/c1-13-21(36)24(39)27(46-19(35)7-5-14-4-6-16(41-2)17(10-14)42-3)31(44-13)47-26-15-8-9-43-29(20(15)32(12-34)28(26)49-32)48-30-25(40)23(38)22(37)18(11-33)45-30/h4-10,13,15,18,20-31,33-34,36-40H,11-12H2,1-3H3. The summed E-state index contributed by atoms with van der Waals surface area (Å²) in [7, 11) is 2.97. The van der Waals surface area contributed by atoms with Crippen LogP contribution in [0, 0.1) is 11.8 Å². The Kier molecular flexibility index (Phi) is 10.5. The van der Waals surface area contributed by atoms with Crippen molar-refractivity contribution in [3.05, 3.63) is 42.2 Å². The Hall–Kier alpha value is -2.91. The highest BCUT2D eigenvalue weighted by Crippen LogP contribution is 2.61. The van der Waals surface area contributed by atoms with Crippen LogP contribution in [0.3, 0.4) is 0 Å². The minimum absolute atomic E-state index is 0.443. The van der Waals surface area contributed by atoms with Gasteiger partial charge in [-0.05, 0) is 36.8 Å². The first-order valence-electron chi connectivity index (χ1n) is 15.8. The van der Waals surface area contributed by atoms with Crippen molar-refractivity contribution in [3.63, 3.8) is 0 Å². The molecule has 1 aromatic rings. The molecule has 272 valence electrons. The first-order chi connectivity index (χ1) is 23.5. The highest BCUT2D eigenvalue weighted by molar-refractivity contribution is 5.87. The lowest BCUT2D eigenvalue weighted by Crippen LogP contribution is -2.61. The van der Waals surface area contributed by atoms with E-state index in [1.54, 1.807) is 24.3 Å². The number of fused-ring (bicyclic) bond motifs is 3. The minimum Gasteiger partial charge on any atom is -0.493 e. The molecule has 5 aliphatic rings. The topological polar surface area (TPSA) is 245 Å². The van der Waals surface area contributed by atoms with Gasteiger partial charge in [-0.1, -0.05) is 6.07 Å². The summed E-state index contributed by atoms with van der Waals surface area (Å²) < 4.78 is 51.4. The Bertz CT molecular complexity index is 1390. The van der Waals surface area contributed by atoms with Crippen LogP contribution in [0.1, 0.15) is 12.5 Å². The summed E-state index contributed by atoms with van der Waals surface area (Å²) in [5, 5.41) is 72.5. The SMILES string of the molecule is COc1ccc(C=CC(=O)OC2C(OC3C4C=COC(OC5OC(CO)C(O)C(O)C5O)C4C4(CO)OC34)OC(C)C(O)C2O)cc1OC. The molecule has 16 atom stereocenters. The smallest absolute Gasteiger partial charge is 0.331 e. The van der Waals surface area contributed by atoms with Gasteiger partial charge in [-0.2, -0.15) is 0 Å². The Morgan fingerprint density at radius 2 is 1.63 bits per heavy atom.